The van der Waals surface area contributed by atoms with Crippen molar-refractivity contribution in [3.05, 3.63) is 88.0 Å². The maximum absolute atomic E-state index is 11.7. The first-order chi connectivity index (χ1) is 22.2. The molecular formula is C42H50IrNO2S-. The maximum atomic E-state index is 11.7. The summed E-state index contributed by atoms with van der Waals surface area (Å²) in [6.45, 7) is 14.7. The number of benzene rings is 3. The van der Waals surface area contributed by atoms with Crippen molar-refractivity contribution in [3.8, 4) is 11.3 Å². The molecule has 0 saturated heterocycles. The third-order valence-corrected chi connectivity index (χ3v) is 11.0. The quantitative estimate of drug-likeness (QED) is 0.0915. The van der Waals surface area contributed by atoms with Gasteiger partial charge in [0.15, 0.2) is 5.78 Å². The Morgan fingerprint density at radius 1 is 0.936 bits per heavy atom. The van der Waals surface area contributed by atoms with Gasteiger partial charge in [-0.3, -0.25) is 9.78 Å². The van der Waals surface area contributed by atoms with Gasteiger partial charge in [0.1, 0.15) is 0 Å². The molecule has 1 aliphatic rings. The first kappa shape index (κ1) is 37.0. The van der Waals surface area contributed by atoms with Crippen molar-refractivity contribution in [1.82, 2.24) is 4.98 Å². The van der Waals surface area contributed by atoms with E-state index in [9.17, 15) is 9.90 Å². The number of pyridine rings is 1. The van der Waals surface area contributed by atoms with Crippen molar-refractivity contribution >= 4 is 48.9 Å². The number of aryl methyl sites for hydroxylation is 3. The topological polar surface area (TPSA) is 50.2 Å². The number of hydrogen-bond acceptors (Lipinski definition) is 4. The molecule has 2 heterocycles. The van der Waals surface area contributed by atoms with Crippen LogP contribution in [0.4, 0.5) is 0 Å². The zero-order valence-corrected chi connectivity index (χ0v) is 32.3. The van der Waals surface area contributed by atoms with Gasteiger partial charge in [0, 0.05) is 49.1 Å². The number of aliphatic hydroxyl groups excluding tert-OH is 1. The normalized spacial score (nSPS) is 13.9. The van der Waals surface area contributed by atoms with Crippen LogP contribution in [0.25, 0.3) is 43.0 Å². The molecular weight excluding hydrogens is 775 g/mol. The molecule has 0 atom stereocenters. The van der Waals surface area contributed by atoms with Gasteiger partial charge in [-0.1, -0.05) is 93.3 Å². The molecule has 1 radical (unpaired) electrons. The summed E-state index contributed by atoms with van der Waals surface area (Å²) in [5.41, 5.74) is 7.52. The van der Waals surface area contributed by atoms with Gasteiger partial charge < -0.3 is 5.11 Å². The number of aromatic nitrogens is 1. The fraction of sp³-hybridized carbons (Fsp3) is 0.429. The summed E-state index contributed by atoms with van der Waals surface area (Å²) >= 11 is 1.87. The molecule has 1 saturated carbocycles. The molecule has 5 heteroatoms. The Balaban J connectivity index is 0.000000269. The Hall–Kier alpha value is -2.85. The largest absolute Gasteiger partial charge is 0.512 e. The van der Waals surface area contributed by atoms with Crippen LogP contribution in [0.15, 0.2) is 60.4 Å². The number of aliphatic hydroxyl groups is 1. The van der Waals surface area contributed by atoms with Crippen LogP contribution in [-0.4, -0.2) is 15.9 Å². The zero-order valence-electron chi connectivity index (χ0n) is 29.1. The summed E-state index contributed by atoms with van der Waals surface area (Å²) < 4.78 is 1.31. The van der Waals surface area contributed by atoms with E-state index < -0.39 is 0 Å². The summed E-state index contributed by atoms with van der Waals surface area (Å²) in [6, 6.07) is 21.7. The maximum Gasteiger partial charge on any atom is 0.162 e. The second kappa shape index (κ2) is 16.5. The molecule has 1 N–H and O–H groups in total. The summed E-state index contributed by atoms with van der Waals surface area (Å²) in [5.74, 6) is 1.19. The van der Waals surface area contributed by atoms with Crippen LogP contribution in [0, 0.1) is 38.7 Å². The Bertz CT molecular complexity index is 1870. The zero-order chi connectivity index (χ0) is 33.0. The van der Waals surface area contributed by atoms with E-state index in [4.69, 9.17) is 4.98 Å². The Kier molecular flexibility index (Phi) is 13.0. The molecule has 6 rings (SSSR count). The van der Waals surface area contributed by atoms with Gasteiger partial charge in [-0.15, -0.1) is 17.5 Å². The van der Waals surface area contributed by atoms with Crippen molar-refractivity contribution < 1.29 is 30.0 Å². The molecule has 3 aromatic carbocycles. The minimum Gasteiger partial charge on any atom is -0.512 e. The smallest absolute Gasteiger partial charge is 0.162 e. The van der Waals surface area contributed by atoms with E-state index in [0.29, 0.717) is 5.92 Å². The third kappa shape index (κ3) is 8.07. The van der Waals surface area contributed by atoms with Crippen LogP contribution < -0.4 is 0 Å². The van der Waals surface area contributed by atoms with Crippen LogP contribution >= 0.6 is 11.3 Å². The van der Waals surface area contributed by atoms with E-state index in [2.05, 4.69) is 75.4 Å². The molecule has 2 aromatic heterocycles. The molecule has 0 spiro atoms. The molecule has 47 heavy (non-hydrogen) atoms. The number of carbonyl (C=O) groups excluding carboxylic acids is 1. The van der Waals surface area contributed by atoms with Crippen LogP contribution in [-0.2, 0) is 24.9 Å². The van der Waals surface area contributed by atoms with E-state index in [-0.39, 0.29) is 43.5 Å². The summed E-state index contributed by atoms with van der Waals surface area (Å²) in [7, 11) is 0. The Morgan fingerprint density at radius 3 is 2.26 bits per heavy atom. The first-order valence-corrected chi connectivity index (χ1v) is 18.2. The van der Waals surface area contributed by atoms with Gasteiger partial charge in [-0.2, -0.15) is 11.3 Å². The van der Waals surface area contributed by atoms with Gasteiger partial charge in [-0.25, -0.2) is 0 Å². The number of fused-ring (bicyclic) bond motifs is 4. The van der Waals surface area contributed by atoms with Crippen molar-refractivity contribution in [2.45, 2.75) is 106 Å². The second-order valence-electron chi connectivity index (χ2n) is 13.2. The molecule has 251 valence electrons. The fourth-order valence-corrected chi connectivity index (χ4v) is 8.39. The number of thiophene rings is 1. The number of rotatable bonds is 9. The standard InChI is InChI=1S/C29H26NS.C13H24O2.Ir/c1-17-12-18(2)28-23(20-8-4-5-9-20)16-26(30-27(28)13-17)25-15-21-10-6-7-11-22(21)24-14-19(3)31-29(24)25;1-5-10(6-2)12(14)9-13(15)11(7-3)8-4;/h6-7,10-14,16,20H,4-5,8-9H2,1-3H3;9-11,14H,5-8H2,1-4H3;/q-1;;/b;12-9-;. The Labute approximate surface area is 299 Å². The minimum absolute atomic E-state index is 0. The van der Waals surface area contributed by atoms with E-state index in [1.807, 2.05) is 39.0 Å². The number of allylic oxidation sites excluding steroid dienone is 2. The number of hydrogen-bond donors (Lipinski definition) is 1. The number of ketones is 1. The summed E-state index contributed by atoms with van der Waals surface area (Å²) in [5, 5.41) is 14.9. The minimum atomic E-state index is 0. The molecule has 0 unspecified atom stereocenters. The van der Waals surface area contributed by atoms with Crippen LogP contribution in [0.5, 0.6) is 0 Å². The molecule has 0 amide bonds. The monoisotopic (exact) mass is 825 g/mol. The predicted molar refractivity (Wildman–Crippen MR) is 198 cm³/mol. The molecule has 3 nitrogen and oxygen atoms in total. The predicted octanol–water partition coefficient (Wildman–Crippen LogP) is 12.5. The number of nitrogens with zero attached hydrogens (tertiary/aromatic N) is 1. The molecule has 5 aromatic rings. The van der Waals surface area contributed by atoms with Crippen molar-refractivity contribution in [1.29, 1.82) is 0 Å². The van der Waals surface area contributed by atoms with Gasteiger partial charge in [-0.05, 0) is 97.5 Å². The van der Waals surface area contributed by atoms with Crippen LogP contribution in [0.1, 0.15) is 107 Å². The summed E-state index contributed by atoms with van der Waals surface area (Å²) in [6.07, 6.45) is 10.2. The molecule has 1 aliphatic carbocycles. The SMILES string of the molecule is CCC(CC)C(=O)/C=C(\O)C(CC)CC.Cc1cc(C)c2c(C3CCCC3)cc(-c3[c-]c4ccccc4c4cc(C)sc34)nc2c1.[Ir]. The summed E-state index contributed by atoms with van der Waals surface area (Å²) in [4.78, 5) is 18.3. The van der Waals surface area contributed by atoms with Gasteiger partial charge in [0.25, 0.3) is 0 Å². The molecule has 1 fully saturated rings. The molecule has 0 bridgehead atoms. The van der Waals surface area contributed by atoms with Crippen molar-refractivity contribution in [2.75, 3.05) is 0 Å². The van der Waals surface area contributed by atoms with Gasteiger partial charge >= 0.3 is 0 Å². The fourth-order valence-electron chi connectivity index (χ4n) is 7.36. The van der Waals surface area contributed by atoms with E-state index in [0.717, 1.165) is 42.5 Å². The van der Waals surface area contributed by atoms with E-state index >= 15 is 0 Å². The van der Waals surface area contributed by atoms with Crippen molar-refractivity contribution in [2.24, 2.45) is 11.8 Å². The van der Waals surface area contributed by atoms with E-state index in [1.54, 1.807) is 0 Å². The number of carbonyl (C=O) groups is 1. The average molecular weight is 825 g/mol. The second-order valence-corrected chi connectivity index (χ2v) is 14.5. The van der Waals surface area contributed by atoms with Crippen LogP contribution in [0.3, 0.4) is 0 Å². The molecule has 0 aliphatic heterocycles. The van der Waals surface area contributed by atoms with Crippen LogP contribution in [0.2, 0.25) is 0 Å². The first-order valence-electron chi connectivity index (χ1n) is 17.4. The van der Waals surface area contributed by atoms with Crippen molar-refractivity contribution in [3.63, 3.8) is 0 Å². The van der Waals surface area contributed by atoms with Gasteiger partial charge in [0.05, 0.1) is 11.3 Å². The van der Waals surface area contributed by atoms with E-state index in [1.165, 1.54) is 79.6 Å². The average Bonchev–Trinajstić information content (AvgIpc) is 3.71. The van der Waals surface area contributed by atoms with Gasteiger partial charge in [0.2, 0.25) is 0 Å². The third-order valence-electron chi connectivity index (χ3n) is 9.97. The Morgan fingerprint density at radius 2 is 1.60 bits per heavy atom.